The number of carbonyl (C=O) groups excluding carboxylic acids is 1. The fraction of sp³-hybridized carbons (Fsp3) is 0.308. The van der Waals surface area contributed by atoms with Gasteiger partial charge in [0.2, 0.25) is 15.9 Å². The van der Waals surface area contributed by atoms with Gasteiger partial charge in [0, 0.05) is 32.6 Å². The summed E-state index contributed by atoms with van der Waals surface area (Å²) in [5.74, 6) is 0.104. The minimum atomic E-state index is -3.58. The first-order valence-corrected chi connectivity index (χ1v) is 13.9. The molecule has 34 heavy (non-hydrogen) atoms. The van der Waals surface area contributed by atoms with E-state index in [1.807, 2.05) is 48.5 Å². The summed E-state index contributed by atoms with van der Waals surface area (Å²) in [5.41, 5.74) is 1.04. The predicted molar refractivity (Wildman–Crippen MR) is 136 cm³/mol. The molecule has 176 valence electrons. The van der Waals surface area contributed by atoms with Crippen molar-refractivity contribution in [3.63, 3.8) is 0 Å². The van der Waals surface area contributed by atoms with Gasteiger partial charge in [-0.25, -0.2) is 13.4 Å². The molecule has 1 aliphatic heterocycles. The number of sulfonamides is 1. The molecule has 0 unspecified atom stereocenters. The van der Waals surface area contributed by atoms with E-state index in [1.54, 1.807) is 28.4 Å². The van der Waals surface area contributed by atoms with Crippen molar-refractivity contribution in [3.05, 3.63) is 71.7 Å². The summed E-state index contributed by atoms with van der Waals surface area (Å²) in [4.78, 5) is 19.4. The number of piperazine rings is 1. The van der Waals surface area contributed by atoms with E-state index in [9.17, 15) is 13.2 Å². The van der Waals surface area contributed by atoms with E-state index in [4.69, 9.17) is 0 Å². The first-order chi connectivity index (χ1) is 16.5. The van der Waals surface area contributed by atoms with Crippen LogP contribution in [0.3, 0.4) is 0 Å². The number of aryl methyl sites for hydroxylation is 1. The molecule has 0 spiro atoms. The number of aromatic nitrogens is 1. The Labute approximate surface area is 203 Å². The molecule has 0 atom stereocenters. The maximum absolute atomic E-state index is 13.1. The molecule has 8 heteroatoms. The zero-order chi connectivity index (χ0) is 23.5. The molecule has 2 heterocycles. The maximum Gasteiger partial charge on any atom is 0.243 e. The van der Waals surface area contributed by atoms with Crippen molar-refractivity contribution in [1.82, 2.24) is 14.2 Å². The van der Waals surface area contributed by atoms with Crippen molar-refractivity contribution < 1.29 is 13.2 Å². The summed E-state index contributed by atoms with van der Waals surface area (Å²) < 4.78 is 29.0. The zero-order valence-corrected chi connectivity index (χ0v) is 20.5. The van der Waals surface area contributed by atoms with Gasteiger partial charge in [-0.05, 0) is 54.3 Å². The summed E-state index contributed by atoms with van der Waals surface area (Å²) in [6.45, 7) is 1.52. The number of benzene rings is 3. The number of para-hydroxylation sites is 1. The largest absolute Gasteiger partial charge is 0.340 e. The summed E-state index contributed by atoms with van der Waals surface area (Å²) in [7, 11) is -3.58. The summed E-state index contributed by atoms with van der Waals surface area (Å²) >= 11 is 1.72. The van der Waals surface area contributed by atoms with Crippen LogP contribution >= 0.6 is 11.3 Å². The lowest BCUT2D eigenvalue weighted by atomic mass is 10.1. The highest BCUT2D eigenvalue weighted by molar-refractivity contribution is 7.89. The van der Waals surface area contributed by atoms with Crippen molar-refractivity contribution in [2.24, 2.45) is 0 Å². The summed E-state index contributed by atoms with van der Waals surface area (Å²) in [5, 5.41) is 3.03. The van der Waals surface area contributed by atoms with Crippen LogP contribution in [0.15, 0.2) is 71.6 Å². The normalized spacial score (nSPS) is 15.2. The molecule has 5 rings (SSSR count). The van der Waals surface area contributed by atoms with E-state index in [1.165, 1.54) is 9.01 Å². The van der Waals surface area contributed by atoms with E-state index in [-0.39, 0.29) is 5.91 Å². The van der Waals surface area contributed by atoms with Gasteiger partial charge < -0.3 is 4.90 Å². The molecule has 3 aromatic carbocycles. The molecule has 1 aliphatic rings. The second-order valence-corrected chi connectivity index (χ2v) is 11.6. The average molecular weight is 494 g/mol. The number of hydrogen-bond donors (Lipinski definition) is 0. The van der Waals surface area contributed by atoms with Crippen LogP contribution in [0.25, 0.3) is 21.0 Å². The van der Waals surface area contributed by atoms with Crippen molar-refractivity contribution in [2.75, 3.05) is 26.2 Å². The van der Waals surface area contributed by atoms with E-state index in [2.05, 4.69) is 11.1 Å². The Bertz CT molecular complexity index is 1390. The summed E-state index contributed by atoms with van der Waals surface area (Å²) in [6, 6.07) is 21.1. The molecule has 0 radical (unpaired) electrons. The van der Waals surface area contributed by atoms with Gasteiger partial charge in [-0.1, -0.05) is 42.5 Å². The fourth-order valence-corrected chi connectivity index (χ4v) is 6.86. The third kappa shape index (κ3) is 4.85. The van der Waals surface area contributed by atoms with Crippen LogP contribution in [0.2, 0.25) is 0 Å². The standard InChI is InChI=1S/C26H27N3O3S2/c30-26(12-6-5-11-25-27-23-9-3-4-10-24(23)33-25)28-15-17-29(18-16-28)34(31,32)22-14-13-20-7-1-2-8-21(20)19-22/h1-4,7-10,13-14,19H,5-6,11-12,15-18H2. The van der Waals surface area contributed by atoms with Gasteiger partial charge in [-0.2, -0.15) is 4.31 Å². The number of nitrogens with zero attached hydrogens (tertiary/aromatic N) is 3. The Balaban J connectivity index is 1.11. The van der Waals surface area contributed by atoms with Gasteiger partial charge in [0.15, 0.2) is 0 Å². The molecular formula is C26H27N3O3S2. The Morgan fingerprint density at radius 3 is 2.41 bits per heavy atom. The van der Waals surface area contributed by atoms with Gasteiger partial charge in [0.1, 0.15) is 0 Å². The monoisotopic (exact) mass is 493 g/mol. The van der Waals surface area contributed by atoms with E-state index < -0.39 is 10.0 Å². The predicted octanol–water partition coefficient (Wildman–Crippen LogP) is 4.70. The minimum Gasteiger partial charge on any atom is -0.340 e. The van der Waals surface area contributed by atoms with E-state index in [0.717, 1.165) is 40.6 Å². The molecular weight excluding hydrogens is 466 g/mol. The molecule has 0 bridgehead atoms. The molecule has 1 fully saturated rings. The lowest BCUT2D eigenvalue weighted by molar-refractivity contribution is -0.132. The molecule has 0 N–H and O–H groups in total. The minimum absolute atomic E-state index is 0.104. The van der Waals surface area contributed by atoms with Crippen molar-refractivity contribution >= 4 is 48.3 Å². The first kappa shape index (κ1) is 23.0. The van der Waals surface area contributed by atoms with Crippen molar-refractivity contribution in [1.29, 1.82) is 0 Å². The van der Waals surface area contributed by atoms with Gasteiger partial charge >= 0.3 is 0 Å². The highest BCUT2D eigenvalue weighted by atomic mass is 32.2. The lowest BCUT2D eigenvalue weighted by Gasteiger charge is -2.34. The Morgan fingerprint density at radius 2 is 1.62 bits per heavy atom. The molecule has 6 nitrogen and oxygen atoms in total. The molecule has 4 aromatic rings. The van der Waals surface area contributed by atoms with Crippen LogP contribution in [-0.4, -0.2) is 54.7 Å². The number of carbonyl (C=O) groups is 1. The Hall–Kier alpha value is -2.81. The van der Waals surface area contributed by atoms with Gasteiger partial charge in [0.05, 0.1) is 20.1 Å². The molecule has 1 amide bonds. The van der Waals surface area contributed by atoms with Gasteiger partial charge in [-0.3, -0.25) is 4.79 Å². The number of amides is 1. The molecule has 1 aromatic heterocycles. The number of unbranched alkanes of at least 4 members (excludes halogenated alkanes) is 1. The third-order valence-electron chi connectivity index (χ3n) is 6.32. The molecule has 0 saturated carbocycles. The maximum atomic E-state index is 13.1. The smallest absolute Gasteiger partial charge is 0.243 e. The van der Waals surface area contributed by atoms with Crippen LogP contribution < -0.4 is 0 Å². The quantitative estimate of drug-likeness (QED) is 0.350. The van der Waals surface area contributed by atoms with Crippen LogP contribution in [0.1, 0.15) is 24.3 Å². The number of thiazole rings is 1. The lowest BCUT2D eigenvalue weighted by Crippen LogP contribution is -2.50. The van der Waals surface area contributed by atoms with Gasteiger partial charge in [0.25, 0.3) is 0 Å². The van der Waals surface area contributed by atoms with Crippen LogP contribution in [0.5, 0.6) is 0 Å². The van der Waals surface area contributed by atoms with Gasteiger partial charge in [-0.15, -0.1) is 11.3 Å². The van der Waals surface area contributed by atoms with Crippen LogP contribution in [-0.2, 0) is 21.2 Å². The average Bonchev–Trinajstić information content (AvgIpc) is 3.29. The van der Waals surface area contributed by atoms with E-state index >= 15 is 0 Å². The van der Waals surface area contributed by atoms with Crippen molar-refractivity contribution in [3.8, 4) is 0 Å². The van der Waals surface area contributed by atoms with Crippen LogP contribution in [0.4, 0.5) is 0 Å². The Kier molecular flexibility index (Phi) is 6.63. The topological polar surface area (TPSA) is 70.6 Å². The molecule has 1 saturated heterocycles. The number of hydrogen-bond acceptors (Lipinski definition) is 5. The van der Waals surface area contributed by atoms with Crippen molar-refractivity contribution in [2.45, 2.75) is 30.6 Å². The summed E-state index contributed by atoms with van der Waals surface area (Å²) in [6.07, 6.45) is 3.10. The highest BCUT2D eigenvalue weighted by Gasteiger charge is 2.30. The Morgan fingerprint density at radius 1 is 0.882 bits per heavy atom. The first-order valence-electron chi connectivity index (χ1n) is 11.6. The van der Waals surface area contributed by atoms with Crippen LogP contribution in [0, 0.1) is 0 Å². The number of rotatable bonds is 7. The number of fused-ring (bicyclic) bond motifs is 2. The second kappa shape index (κ2) is 9.82. The van der Waals surface area contributed by atoms with E-state index in [0.29, 0.717) is 37.5 Å². The second-order valence-electron chi connectivity index (χ2n) is 8.58. The SMILES string of the molecule is O=C(CCCCc1nc2ccccc2s1)N1CCN(S(=O)(=O)c2ccc3ccccc3c2)CC1. The zero-order valence-electron chi connectivity index (χ0n) is 18.9. The molecule has 0 aliphatic carbocycles. The highest BCUT2D eigenvalue weighted by Crippen LogP contribution is 2.24. The fourth-order valence-electron chi connectivity index (χ4n) is 4.39. The third-order valence-corrected chi connectivity index (χ3v) is 9.31.